The quantitative estimate of drug-likeness (QED) is 0.106. The van der Waals surface area contributed by atoms with E-state index in [2.05, 4.69) is 0 Å². The van der Waals surface area contributed by atoms with Crippen molar-refractivity contribution in [3.8, 4) is 40.1 Å². The van der Waals surface area contributed by atoms with E-state index in [0.717, 1.165) is 30.3 Å². The van der Waals surface area contributed by atoms with Gasteiger partial charge in [0, 0.05) is 17.7 Å². The molecular formula is C33H40O20. The number of ether oxygens (including phenoxy) is 4. The molecule has 0 aliphatic carbocycles. The van der Waals surface area contributed by atoms with Crippen molar-refractivity contribution in [1.29, 1.82) is 0 Å². The maximum absolute atomic E-state index is 14.5. The summed E-state index contributed by atoms with van der Waals surface area (Å²) in [5, 5.41) is 152. The average molecular weight is 757 g/mol. The smallest absolute Gasteiger partial charge is 0.274 e. The van der Waals surface area contributed by atoms with Crippen molar-refractivity contribution >= 4 is 11.0 Å². The summed E-state index contributed by atoms with van der Waals surface area (Å²) in [6.45, 7) is 1.17. The van der Waals surface area contributed by atoms with Crippen LogP contribution in [0.4, 0.5) is 0 Å². The van der Waals surface area contributed by atoms with Crippen LogP contribution in [-0.2, 0) is 14.2 Å². The molecule has 0 bridgehead atoms. The van der Waals surface area contributed by atoms with Gasteiger partial charge in [0.1, 0.15) is 83.5 Å². The molecule has 0 saturated carbocycles. The van der Waals surface area contributed by atoms with Crippen molar-refractivity contribution in [3.05, 3.63) is 40.6 Å². The number of benzene rings is 2. The van der Waals surface area contributed by atoms with Gasteiger partial charge in [0.25, 0.3) is 5.79 Å². The fourth-order valence-corrected chi connectivity index (χ4v) is 7.18. The highest BCUT2D eigenvalue weighted by atomic mass is 16.8. The van der Waals surface area contributed by atoms with Gasteiger partial charge in [0.2, 0.25) is 11.2 Å². The van der Waals surface area contributed by atoms with E-state index in [9.17, 15) is 76.3 Å². The van der Waals surface area contributed by atoms with Gasteiger partial charge in [-0.2, -0.15) is 0 Å². The molecule has 3 aliphatic heterocycles. The number of rotatable bonds is 6. The molecule has 6 rings (SSSR count). The van der Waals surface area contributed by atoms with Crippen molar-refractivity contribution in [2.45, 2.75) is 105 Å². The van der Waals surface area contributed by atoms with E-state index in [4.69, 9.17) is 23.4 Å². The predicted molar refractivity (Wildman–Crippen MR) is 172 cm³/mol. The minimum Gasteiger partial charge on any atom is -0.508 e. The Morgan fingerprint density at radius 3 is 1.89 bits per heavy atom. The fraction of sp³-hybridized carbons (Fsp3) is 0.545. The van der Waals surface area contributed by atoms with E-state index in [-0.39, 0.29) is 5.56 Å². The summed E-state index contributed by atoms with van der Waals surface area (Å²) < 4.78 is 29.6. The van der Waals surface area contributed by atoms with E-state index < -0.39 is 148 Å². The third-order valence-corrected chi connectivity index (χ3v) is 10.1. The summed E-state index contributed by atoms with van der Waals surface area (Å²) in [7, 11) is 0. The van der Waals surface area contributed by atoms with Crippen LogP contribution < -0.4 is 10.2 Å². The van der Waals surface area contributed by atoms with Gasteiger partial charge in [-0.3, -0.25) is 4.79 Å². The second kappa shape index (κ2) is 13.8. The van der Waals surface area contributed by atoms with Crippen LogP contribution in [0.25, 0.3) is 22.3 Å². The Balaban J connectivity index is 1.73. The molecule has 0 radical (unpaired) electrons. The lowest BCUT2D eigenvalue weighted by Gasteiger charge is -2.62. The topological polar surface area (TPSA) is 350 Å². The van der Waals surface area contributed by atoms with Crippen LogP contribution >= 0.6 is 0 Å². The van der Waals surface area contributed by atoms with Gasteiger partial charge in [0.05, 0.1) is 18.8 Å². The summed E-state index contributed by atoms with van der Waals surface area (Å²) in [5.74, 6) is -8.30. The number of phenolic OH excluding ortho intramolecular Hbond substituents is 4. The maximum atomic E-state index is 14.5. The molecule has 14 N–H and O–H groups in total. The summed E-state index contributed by atoms with van der Waals surface area (Å²) in [5.41, 5.74) is -5.77. The Kier molecular flexibility index (Phi) is 10.1. The fourth-order valence-electron chi connectivity index (χ4n) is 7.18. The van der Waals surface area contributed by atoms with E-state index >= 15 is 0 Å². The molecule has 3 aliphatic rings. The molecule has 15 atom stereocenters. The van der Waals surface area contributed by atoms with E-state index in [1.807, 2.05) is 0 Å². The van der Waals surface area contributed by atoms with Gasteiger partial charge in [-0.05, 0) is 32.0 Å². The monoisotopic (exact) mass is 756 g/mol. The molecule has 292 valence electrons. The summed E-state index contributed by atoms with van der Waals surface area (Å²) in [6.07, 6.45) is -27.7. The number of hydrogen-bond acceptors (Lipinski definition) is 20. The summed E-state index contributed by atoms with van der Waals surface area (Å²) in [4.78, 5) is 14.5. The lowest BCUT2D eigenvalue weighted by Crippen LogP contribution is -2.87. The molecule has 3 aromatic rings. The van der Waals surface area contributed by atoms with Crippen molar-refractivity contribution in [1.82, 2.24) is 0 Å². The second-order valence-corrected chi connectivity index (χ2v) is 13.5. The number of aromatic hydroxyl groups is 4. The summed E-state index contributed by atoms with van der Waals surface area (Å²) >= 11 is 0. The van der Waals surface area contributed by atoms with Crippen molar-refractivity contribution in [2.24, 2.45) is 0 Å². The standard InChI is InChI=1S/C33H40O20/c1-9-19(39)23(43)25(45)30(49-9)32(48)29(47)21(41)17(8-34)52-33(32,31-26(46)24(44)20(40)10(2)50-31)53-28-22(42)18-15(38)6-12(35)7-16(18)51-27(28)11-3-4-13(36)14(37)5-11/h3-7,9-10,17,19-21,23-26,29-31,34-41,43-48H,8H2,1-2H3/t9-,10-,17-,19-,20-,21-,23+,24+,25+,26+,29+,30?,31?,32+,33?/m1/s1. The molecule has 4 heterocycles. The van der Waals surface area contributed by atoms with Gasteiger partial charge >= 0.3 is 0 Å². The van der Waals surface area contributed by atoms with Crippen LogP contribution in [0, 0.1) is 0 Å². The zero-order valence-electron chi connectivity index (χ0n) is 27.8. The summed E-state index contributed by atoms with van der Waals surface area (Å²) in [6, 6.07) is 4.56. The molecule has 2 aromatic carbocycles. The highest BCUT2D eigenvalue weighted by Gasteiger charge is 2.77. The van der Waals surface area contributed by atoms with Crippen LogP contribution in [-0.4, -0.2) is 169 Å². The molecular weight excluding hydrogens is 716 g/mol. The lowest BCUT2D eigenvalue weighted by atomic mass is 9.68. The molecule has 20 nitrogen and oxygen atoms in total. The third kappa shape index (κ3) is 5.87. The SMILES string of the molecule is C[C@H]1OC(C2(Oc3c(-c4ccc(O)c(O)c4)oc4cc(O)cc(O)c4c3=O)O[C@H](CO)[C@@H](O)[C@H](O)[C@]2(O)C2O[C@H](C)[C@@H](O)[C@H](O)[C@@H]2O)[C@@H](O)[C@@H](O)[C@@H]1O. The van der Waals surface area contributed by atoms with Gasteiger partial charge in [-0.15, -0.1) is 0 Å². The predicted octanol–water partition coefficient (Wildman–Crippen LogP) is -4.06. The Labute approximate surface area is 297 Å². The van der Waals surface area contributed by atoms with Crippen molar-refractivity contribution in [2.75, 3.05) is 6.61 Å². The Hall–Kier alpha value is -3.87. The van der Waals surface area contributed by atoms with Crippen LogP contribution in [0.2, 0.25) is 0 Å². The molecule has 3 fully saturated rings. The molecule has 1 aromatic heterocycles. The largest absolute Gasteiger partial charge is 0.508 e. The minimum atomic E-state index is -3.62. The first-order valence-electron chi connectivity index (χ1n) is 16.3. The molecule has 20 heteroatoms. The van der Waals surface area contributed by atoms with Gasteiger partial charge in [0.15, 0.2) is 29.0 Å². The highest BCUT2D eigenvalue weighted by molar-refractivity contribution is 5.88. The molecule has 3 saturated heterocycles. The molecule has 0 amide bonds. The van der Waals surface area contributed by atoms with Crippen LogP contribution in [0.3, 0.4) is 0 Å². The van der Waals surface area contributed by atoms with E-state index in [0.29, 0.717) is 0 Å². The zero-order valence-corrected chi connectivity index (χ0v) is 27.8. The number of aliphatic hydroxyl groups excluding tert-OH is 9. The normalized spacial score (nSPS) is 40.6. The van der Waals surface area contributed by atoms with E-state index in [1.165, 1.54) is 13.8 Å². The lowest BCUT2D eigenvalue weighted by molar-refractivity contribution is -0.449. The van der Waals surface area contributed by atoms with Gasteiger partial charge < -0.3 is 94.9 Å². The molecule has 53 heavy (non-hydrogen) atoms. The number of hydrogen-bond donors (Lipinski definition) is 14. The number of fused-ring (bicyclic) bond motifs is 1. The number of aliphatic hydroxyl groups is 10. The first kappa shape index (κ1) is 38.8. The van der Waals surface area contributed by atoms with Gasteiger partial charge in [-0.25, -0.2) is 0 Å². The first-order chi connectivity index (χ1) is 24.8. The van der Waals surface area contributed by atoms with Crippen LogP contribution in [0.5, 0.6) is 28.7 Å². The average Bonchev–Trinajstić information content (AvgIpc) is 3.11. The van der Waals surface area contributed by atoms with Crippen LogP contribution in [0.1, 0.15) is 13.8 Å². The van der Waals surface area contributed by atoms with Crippen molar-refractivity contribution in [3.63, 3.8) is 0 Å². The number of phenols is 4. The molecule has 0 spiro atoms. The van der Waals surface area contributed by atoms with Crippen molar-refractivity contribution < 1.29 is 94.9 Å². The maximum Gasteiger partial charge on any atom is 0.274 e. The van der Waals surface area contributed by atoms with Crippen LogP contribution in [0.15, 0.2) is 39.5 Å². The third-order valence-electron chi connectivity index (χ3n) is 10.1. The second-order valence-electron chi connectivity index (χ2n) is 13.5. The van der Waals surface area contributed by atoms with E-state index in [1.54, 1.807) is 0 Å². The highest BCUT2D eigenvalue weighted by Crippen LogP contribution is 2.51. The molecule has 3 unspecified atom stereocenters. The first-order valence-corrected chi connectivity index (χ1v) is 16.3. The zero-order chi connectivity index (χ0) is 39.1. The Bertz CT molecular complexity index is 1900. The Morgan fingerprint density at radius 2 is 1.30 bits per heavy atom. The minimum absolute atomic E-state index is 0.291. The van der Waals surface area contributed by atoms with Gasteiger partial charge in [-0.1, -0.05) is 0 Å². The Morgan fingerprint density at radius 1 is 0.717 bits per heavy atom.